The van der Waals surface area contributed by atoms with Crippen molar-refractivity contribution >= 4 is 71.3 Å². The Morgan fingerprint density at radius 2 is 1.00 bits per heavy atom. The second-order valence-corrected chi connectivity index (χ2v) is 18.8. The smallest absolute Gasteiger partial charge is 0.339 e. The van der Waals surface area contributed by atoms with E-state index in [0.717, 1.165) is 80.5 Å². The Labute approximate surface area is 459 Å². The van der Waals surface area contributed by atoms with Crippen LogP contribution in [0, 0.1) is 6.92 Å². The summed E-state index contributed by atoms with van der Waals surface area (Å²) in [7, 11) is 1.22. The molecule has 0 radical (unpaired) electrons. The Morgan fingerprint density at radius 1 is 0.506 bits per heavy atom. The Balaban J connectivity index is 1.51. The molecule has 2 aliphatic heterocycles. The summed E-state index contributed by atoms with van der Waals surface area (Å²) in [5.74, 6) is -14.6. The average molecular weight is 1130 g/mol. The molecule has 2 saturated heterocycles. The molecule has 7 rings (SSSR count). The maximum atomic E-state index is 15.1. The first-order chi connectivity index (χ1) is 38.0. The predicted octanol–water partition coefficient (Wildman–Crippen LogP) is 3.74. The first-order valence-electron chi connectivity index (χ1n) is 24.6. The first-order valence-corrected chi connectivity index (χ1v) is 24.6. The second-order valence-electron chi connectivity index (χ2n) is 18.8. The molecule has 0 unspecified atom stereocenters. The van der Waals surface area contributed by atoms with E-state index in [0.29, 0.717) is 0 Å². The molecule has 0 aromatic heterocycles. The number of aromatic carboxylic acids is 1. The third-order valence-electron chi connectivity index (χ3n) is 12.7. The van der Waals surface area contributed by atoms with E-state index >= 15 is 9.59 Å². The van der Waals surface area contributed by atoms with Gasteiger partial charge in [0.2, 0.25) is 0 Å². The monoisotopic (exact) mass is 1130 g/mol. The average Bonchev–Trinajstić information content (AvgIpc) is 1.88. The van der Waals surface area contributed by atoms with Gasteiger partial charge in [-0.2, -0.15) is 0 Å². The number of fused-ring (bicyclic) bond motifs is 5. The fraction of sp³-hybridized carbons (Fsp3) is 0.444. The first kappa shape index (κ1) is 60.0. The molecule has 11 atom stereocenters. The molecule has 0 saturated carbocycles. The van der Waals surface area contributed by atoms with Crippen LogP contribution in [0.25, 0.3) is 11.1 Å². The van der Waals surface area contributed by atoms with Crippen LogP contribution in [0.15, 0.2) is 24.3 Å². The van der Waals surface area contributed by atoms with Crippen LogP contribution >= 0.6 is 0 Å². The van der Waals surface area contributed by atoms with Gasteiger partial charge in [-0.3, -0.25) is 52.7 Å². The minimum Gasteiger partial charge on any atom is -0.497 e. The van der Waals surface area contributed by atoms with Gasteiger partial charge in [0.05, 0.1) is 30.9 Å². The summed E-state index contributed by atoms with van der Waals surface area (Å²) in [4.78, 5) is 159. The zero-order valence-corrected chi connectivity index (χ0v) is 45.4. The van der Waals surface area contributed by atoms with Crippen LogP contribution in [0.5, 0.6) is 23.0 Å². The Hall–Kier alpha value is -8.66. The van der Waals surface area contributed by atoms with Gasteiger partial charge in [-0.05, 0) is 37.1 Å². The van der Waals surface area contributed by atoms with E-state index in [1.165, 1.54) is 27.0 Å². The highest BCUT2D eigenvalue weighted by molar-refractivity contribution is 6.31. The van der Waals surface area contributed by atoms with Crippen molar-refractivity contribution in [3.8, 4) is 34.1 Å². The lowest BCUT2D eigenvalue weighted by atomic mass is 9.74. The highest BCUT2D eigenvalue weighted by Gasteiger charge is 2.57. The van der Waals surface area contributed by atoms with Crippen LogP contribution in [-0.4, -0.2) is 145 Å². The third kappa shape index (κ3) is 12.4. The van der Waals surface area contributed by atoms with Crippen molar-refractivity contribution < 1.29 is 129 Å². The van der Waals surface area contributed by atoms with Crippen LogP contribution in [0.2, 0.25) is 0 Å². The van der Waals surface area contributed by atoms with E-state index in [9.17, 15) is 53.1 Å². The topological polar surface area (TPSA) is 354 Å². The Kier molecular flexibility index (Phi) is 17.8. The minimum absolute atomic E-state index is 0.0618. The highest BCUT2D eigenvalue weighted by Crippen LogP contribution is 2.59. The van der Waals surface area contributed by atoms with Crippen molar-refractivity contribution in [1.29, 1.82) is 0 Å². The quantitative estimate of drug-likeness (QED) is 0.101. The van der Waals surface area contributed by atoms with Crippen molar-refractivity contribution in [1.82, 2.24) is 0 Å². The fourth-order valence-electron chi connectivity index (χ4n) is 10.1. The largest absolute Gasteiger partial charge is 0.497 e. The summed E-state index contributed by atoms with van der Waals surface area (Å²) in [6.07, 6.45) is -19.3. The van der Waals surface area contributed by atoms with Crippen LogP contribution in [0.3, 0.4) is 0 Å². The standard InChI is InChI=1S/C54H54O27/c1-18-13-32-38(47(76-25(8)60)36(18)52(66)67)39-33(16-31-40(48(39)77-26(9)61)42(65)30-14-29(68-12)15-34(71-20(3)55)37(30)41(31)64)44(74-23(6)58)45(32)80-54-51(79-28(11)63)49(43(19(2)70-54)73-22(5)57)81-53-50(78-27(10)62)46(75-24(7)59)35(17-69-53)72-21(4)56/h13-16,19,35,43-46,49-51,53-54H,17H2,1-12H3,(H,66,67)/t19-,35-,43+,44+,45+,46+,49+,50-,51-,53+,54+/m1/s1. The predicted molar refractivity (Wildman–Crippen MR) is 262 cm³/mol. The zero-order chi connectivity index (χ0) is 59.8. The number of carbonyl (C=O) groups excluding carboxylic acids is 11. The summed E-state index contributed by atoms with van der Waals surface area (Å²) in [6.45, 7) is 11.0. The number of hydrogen-bond acceptors (Lipinski definition) is 26. The van der Waals surface area contributed by atoms with Crippen LogP contribution < -0.4 is 18.9 Å². The van der Waals surface area contributed by atoms with E-state index in [1.807, 2.05) is 0 Å². The number of carboxylic acid groups (broad SMARTS) is 1. The van der Waals surface area contributed by atoms with Gasteiger partial charge in [0.15, 0.2) is 72.3 Å². The summed E-state index contributed by atoms with van der Waals surface area (Å²) in [6, 6.07) is 4.57. The Bertz CT molecular complexity index is 3190. The molecule has 3 aromatic carbocycles. The number of ether oxygens (including phenoxy) is 14. The lowest BCUT2D eigenvalue weighted by Crippen LogP contribution is -2.65. The summed E-state index contributed by atoms with van der Waals surface area (Å²) in [5, 5.41) is 10.8. The van der Waals surface area contributed by atoms with Gasteiger partial charge in [0.25, 0.3) is 0 Å². The number of aryl methyl sites for hydroxylation is 1. The molecular weight excluding hydrogens is 1080 g/mol. The number of carbonyl (C=O) groups is 12. The van der Waals surface area contributed by atoms with Crippen LogP contribution in [0.1, 0.15) is 140 Å². The number of benzene rings is 3. The molecule has 432 valence electrons. The van der Waals surface area contributed by atoms with Crippen LogP contribution in [-0.2, 0) is 90.5 Å². The summed E-state index contributed by atoms with van der Waals surface area (Å²) >= 11 is 0. The van der Waals surface area contributed by atoms with Gasteiger partial charge < -0.3 is 71.4 Å². The molecule has 0 spiro atoms. The molecule has 2 fully saturated rings. The normalized spacial score (nSPS) is 24.2. The number of methoxy groups -OCH3 is 1. The lowest BCUT2D eigenvalue weighted by Gasteiger charge is -2.48. The molecule has 0 amide bonds. The second kappa shape index (κ2) is 24.0. The molecule has 27 heteroatoms. The molecule has 3 aromatic rings. The van der Waals surface area contributed by atoms with Crippen molar-refractivity contribution in [3.05, 3.63) is 68.8 Å². The van der Waals surface area contributed by atoms with Gasteiger partial charge >= 0.3 is 59.7 Å². The van der Waals surface area contributed by atoms with Gasteiger partial charge in [0, 0.05) is 96.2 Å². The maximum absolute atomic E-state index is 15.1. The summed E-state index contributed by atoms with van der Waals surface area (Å²) < 4.78 is 81.8. The van der Waals surface area contributed by atoms with Crippen molar-refractivity contribution in [2.24, 2.45) is 0 Å². The molecule has 27 nitrogen and oxygen atoms in total. The van der Waals surface area contributed by atoms with Crippen molar-refractivity contribution in [2.75, 3.05) is 13.7 Å². The number of carboxylic acids is 1. The van der Waals surface area contributed by atoms with Crippen LogP contribution in [0.4, 0.5) is 0 Å². The van der Waals surface area contributed by atoms with E-state index in [-0.39, 0.29) is 22.4 Å². The van der Waals surface area contributed by atoms with E-state index in [2.05, 4.69) is 0 Å². The third-order valence-corrected chi connectivity index (χ3v) is 12.7. The number of rotatable bonds is 15. The SMILES string of the molecule is COc1cc(OC(C)=O)c2c(c1)C(=O)c1c(cc3c(c1OC(C)=O)-c1c(cc(C)c(C(=O)O)c1OC(C)=O)[C@H](O[C@@H]1O[C@H](C)[C@H](OC(C)=O)[C@H](O[C@@H]4OC[C@@H](OC(C)=O)[C@H](OC(C)=O)[C@H]4OC(C)=O)[C@H]1OC(C)=O)[C@H]3OC(C)=O)C2=O. The highest BCUT2D eigenvalue weighted by atomic mass is 16.8. The molecule has 1 N–H and O–H groups in total. The van der Waals surface area contributed by atoms with Crippen molar-refractivity contribution in [3.63, 3.8) is 0 Å². The van der Waals surface area contributed by atoms with Gasteiger partial charge in [-0.1, -0.05) is 6.07 Å². The van der Waals surface area contributed by atoms with Gasteiger partial charge in [-0.15, -0.1) is 0 Å². The number of esters is 9. The number of ketones is 2. The Morgan fingerprint density at radius 3 is 1.54 bits per heavy atom. The van der Waals surface area contributed by atoms with Gasteiger partial charge in [0.1, 0.15) is 29.3 Å². The fourth-order valence-corrected chi connectivity index (χ4v) is 10.1. The minimum atomic E-state index is -2.02. The molecule has 2 heterocycles. The maximum Gasteiger partial charge on any atom is 0.339 e. The molecular formula is C54H54O27. The zero-order valence-electron chi connectivity index (χ0n) is 45.4. The van der Waals surface area contributed by atoms with Gasteiger partial charge in [-0.25, -0.2) is 4.79 Å². The molecule has 0 bridgehead atoms. The number of hydrogen-bond donors (Lipinski definition) is 1. The molecule has 81 heavy (non-hydrogen) atoms. The molecule has 4 aliphatic rings. The summed E-state index contributed by atoms with van der Waals surface area (Å²) in [5.41, 5.74) is -4.38. The molecule has 2 aliphatic carbocycles. The van der Waals surface area contributed by atoms with E-state index in [4.69, 9.17) is 66.3 Å². The van der Waals surface area contributed by atoms with E-state index in [1.54, 1.807) is 0 Å². The lowest BCUT2D eigenvalue weighted by molar-refractivity contribution is -0.355. The van der Waals surface area contributed by atoms with E-state index < -0.39 is 202 Å². The van der Waals surface area contributed by atoms with Crippen molar-refractivity contribution in [2.45, 2.75) is 144 Å².